The number of aliphatic carboxylic acids is 1. The number of carbonyl (C=O) groups excluding carboxylic acids is 1. The van der Waals surface area contributed by atoms with Crippen LogP contribution < -0.4 is 0 Å². The minimum Gasteiger partial charge on any atom is -0.480 e. The maximum Gasteiger partial charge on any atom is 0.329 e. The molecule has 0 aromatic heterocycles. The Balaban J connectivity index is 3.95. The highest BCUT2D eigenvalue weighted by Gasteiger charge is 2.10. The molecule has 0 aromatic rings. The SMILES string of the molecule is C=CCN(CC=C)C(=O)COCC(=O)O. The summed E-state index contributed by atoms with van der Waals surface area (Å²) in [6, 6.07) is 0. The van der Waals surface area contributed by atoms with Crippen molar-refractivity contribution >= 4 is 11.9 Å². The number of amides is 1. The molecule has 0 unspecified atom stereocenters. The van der Waals surface area contributed by atoms with Crippen LogP contribution in [0.3, 0.4) is 0 Å². The van der Waals surface area contributed by atoms with Gasteiger partial charge in [-0.25, -0.2) is 4.79 Å². The molecule has 15 heavy (non-hydrogen) atoms. The van der Waals surface area contributed by atoms with Crippen LogP contribution in [0.15, 0.2) is 25.3 Å². The predicted octanol–water partition coefficient (Wildman–Crippen LogP) is 0.288. The maximum absolute atomic E-state index is 11.4. The Kier molecular flexibility index (Phi) is 6.92. The normalized spacial score (nSPS) is 9.33. The van der Waals surface area contributed by atoms with E-state index in [0.29, 0.717) is 13.1 Å². The van der Waals surface area contributed by atoms with Crippen LogP contribution in [0.25, 0.3) is 0 Å². The number of carboxylic acid groups (broad SMARTS) is 1. The van der Waals surface area contributed by atoms with Gasteiger partial charge in [0.05, 0.1) is 0 Å². The van der Waals surface area contributed by atoms with Gasteiger partial charge in [0.15, 0.2) is 0 Å². The average molecular weight is 213 g/mol. The summed E-state index contributed by atoms with van der Waals surface area (Å²) < 4.78 is 4.67. The Morgan fingerprint density at radius 3 is 2.13 bits per heavy atom. The van der Waals surface area contributed by atoms with Gasteiger partial charge in [-0.1, -0.05) is 12.2 Å². The fraction of sp³-hybridized carbons (Fsp3) is 0.400. The molecule has 0 bridgehead atoms. The molecule has 0 fully saturated rings. The van der Waals surface area contributed by atoms with E-state index in [1.54, 1.807) is 12.2 Å². The van der Waals surface area contributed by atoms with Crippen molar-refractivity contribution in [3.8, 4) is 0 Å². The fourth-order valence-electron chi connectivity index (χ4n) is 0.907. The topological polar surface area (TPSA) is 66.8 Å². The largest absolute Gasteiger partial charge is 0.480 e. The molecule has 1 amide bonds. The van der Waals surface area contributed by atoms with Gasteiger partial charge in [-0.15, -0.1) is 13.2 Å². The van der Waals surface area contributed by atoms with Gasteiger partial charge in [-0.05, 0) is 0 Å². The molecule has 5 heteroatoms. The van der Waals surface area contributed by atoms with E-state index in [2.05, 4.69) is 17.9 Å². The van der Waals surface area contributed by atoms with Gasteiger partial charge in [0, 0.05) is 13.1 Å². The summed E-state index contributed by atoms with van der Waals surface area (Å²) in [6.45, 7) is 7.09. The van der Waals surface area contributed by atoms with Gasteiger partial charge < -0.3 is 14.7 Å². The number of ether oxygens (including phenoxy) is 1. The predicted molar refractivity (Wildman–Crippen MR) is 55.4 cm³/mol. The molecule has 0 saturated heterocycles. The quantitative estimate of drug-likeness (QED) is 0.588. The van der Waals surface area contributed by atoms with Gasteiger partial charge in [0.25, 0.3) is 0 Å². The Hall–Kier alpha value is -1.62. The highest BCUT2D eigenvalue weighted by atomic mass is 16.5. The first-order valence-electron chi connectivity index (χ1n) is 4.41. The number of hydrogen-bond acceptors (Lipinski definition) is 3. The number of hydrogen-bond donors (Lipinski definition) is 1. The third-order valence-corrected chi connectivity index (χ3v) is 1.50. The number of carbonyl (C=O) groups is 2. The van der Waals surface area contributed by atoms with Crippen LogP contribution in [-0.2, 0) is 14.3 Å². The van der Waals surface area contributed by atoms with Crippen molar-refractivity contribution in [1.82, 2.24) is 4.90 Å². The molecule has 0 aliphatic rings. The van der Waals surface area contributed by atoms with Gasteiger partial charge in [0.2, 0.25) is 5.91 Å². The van der Waals surface area contributed by atoms with Gasteiger partial charge in [0.1, 0.15) is 13.2 Å². The van der Waals surface area contributed by atoms with Gasteiger partial charge in [-0.2, -0.15) is 0 Å². The van der Waals surface area contributed by atoms with Crippen molar-refractivity contribution in [2.45, 2.75) is 0 Å². The monoisotopic (exact) mass is 213 g/mol. The maximum atomic E-state index is 11.4. The van der Waals surface area contributed by atoms with Crippen molar-refractivity contribution in [3.05, 3.63) is 25.3 Å². The van der Waals surface area contributed by atoms with Crippen molar-refractivity contribution < 1.29 is 19.4 Å². The molecule has 0 atom stereocenters. The molecule has 5 nitrogen and oxygen atoms in total. The summed E-state index contributed by atoms with van der Waals surface area (Å²) >= 11 is 0. The van der Waals surface area contributed by atoms with Gasteiger partial charge in [-0.3, -0.25) is 4.79 Å². The first-order chi connectivity index (χ1) is 7.11. The van der Waals surface area contributed by atoms with Crippen molar-refractivity contribution in [2.75, 3.05) is 26.3 Å². The Bertz CT molecular complexity index is 240. The summed E-state index contributed by atoms with van der Waals surface area (Å²) in [5.41, 5.74) is 0. The Morgan fingerprint density at radius 2 is 1.73 bits per heavy atom. The van der Waals surface area contributed by atoms with E-state index >= 15 is 0 Å². The van der Waals surface area contributed by atoms with Crippen LogP contribution in [0.1, 0.15) is 0 Å². The third kappa shape index (κ3) is 6.45. The number of nitrogens with zero attached hydrogens (tertiary/aromatic N) is 1. The van der Waals surface area contributed by atoms with Crippen LogP contribution in [-0.4, -0.2) is 48.2 Å². The standard InChI is InChI=1S/C10H15NO4/c1-3-5-11(6-4-2)9(12)7-15-8-10(13)14/h3-4H,1-2,5-8H2,(H,13,14). The minimum atomic E-state index is -1.10. The van der Waals surface area contributed by atoms with Crippen LogP contribution in [0.2, 0.25) is 0 Å². The van der Waals surface area contributed by atoms with Crippen molar-refractivity contribution in [3.63, 3.8) is 0 Å². The van der Waals surface area contributed by atoms with E-state index in [1.807, 2.05) is 0 Å². The average Bonchev–Trinajstić information content (AvgIpc) is 2.16. The lowest BCUT2D eigenvalue weighted by atomic mass is 10.4. The molecule has 0 spiro atoms. The molecule has 84 valence electrons. The highest BCUT2D eigenvalue weighted by Crippen LogP contribution is 1.92. The Morgan fingerprint density at radius 1 is 1.20 bits per heavy atom. The Labute approximate surface area is 88.6 Å². The van der Waals surface area contributed by atoms with Crippen molar-refractivity contribution in [1.29, 1.82) is 0 Å². The van der Waals surface area contributed by atoms with Gasteiger partial charge >= 0.3 is 5.97 Å². The molecular formula is C10H15NO4. The molecule has 0 aliphatic heterocycles. The van der Waals surface area contributed by atoms with E-state index in [1.165, 1.54) is 4.90 Å². The lowest BCUT2D eigenvalue weighted by Crippen LogP contribution is -2.34. The molecule has 0 radical (unpaired) electrons. The lowest BCUT2D eigenvalue weighted by molar-refractivity contribution is -0.145. The second-order valence-corrected chi connectivity index (χ2v) is 2.76. The summed E-state index contributed by atoms with van der Waals surface area (Å²) in [7, 11) is 0. The minimum absolute atomic E-state index is 0.242. The molecular weight excluding hydrogens is 198 g/mol. The second-order valence-electron chi connectivity index (χ2n) is 2.76. The van der Waals surface area contributed by atoms with Crippen LogP contribution in [0.4, 0.5) is 0 Å². The molecule has 0 rings (SSSR count). The summed E-state index contributed by atoms with van der Waals surface area (Å²) in [5, 5.41) is 8.29. The third-order valence-electron chi connectivity index (χ3n) is 1.50. The number of rotatable bonds is 8. The van der Waals surface area contributed by atoms with Crippen LogP contribution in [0, 0.1) is 0 Å². The first kappa shape index (κ1) is 13.4. The van der Waals surface area contributed by atoms with E-state index in [4.69, 9.17) is 5.11 Å². The zero-order valence-electron chi connectivity index (χ0n) is 8.52. The molecule has 0 heterocycles. The lowest BCUT2D eigenvalue weighted by Gasteiger charge is -2.18. The molecule has 0 aromatic carbocycles. The smallest absolute Gasteiger partial charge is 0.329 e. The fourth-order valence-corrected chi connectivity index (χ4v) is 0.907. The molecule has 0 saturated carbocycles. The highest BCUT2D eigenvalue weighted by molar-refractivity contribution is 5.78. The van der Waals surface area contributed by atoms with Crippen molar-refractivity contribution in [2.24, 2.45) is 0 Å². The summed E-state index contributed by atoms with van der Waals surface area (Å²) in [4.78, 5) is 23.0. The number of carboxylic acids is 1. The first-order valence-corrected chi connectivity index (χ1v) is 4.41. The second kappa shape index (κ2) is 7.75. The summed E-state index contributed by atoms with van der Waals surface area (Å²) in [5.74, 6) is -1.38. The van der Waals surface area contributed by atoms with Crippen LogP contribution >= 0.6 is 0 Å². The van der Waals surface area contributed by atoms with E-state index < -0.39 is 12.6 Å². The van der Waals surface area contributed by atoms with E-state index in [9.17, 15) is 9.59 Å². The van der Waals surface area contributed by atoms with E-state index in [-0.39, 0.29) is 12.5 Å². The summed E-state index contributed by atoms with van der Waals surface area (Å²) in [6.07, 6.45) is 3.16. The van der Waals surface area contributed by atoms with E-state index in [0.717, 1.165) is 0 Å². The zero-order valence-corrected chi connectivity index (χ0v) is 8.52. The zero-order chi connectivity index (χ0) is 11.7. The molecule has 1 N–H and O–H groups in total. The van der Waals surface area contributed by atoms with Crippen LogP contribution in [0.5, 0.6) is 0 Å². The molecule has 0 aliphatic carbocycles.